The maximum Gasteiger partial charge on any atom is 0.281 e. The highest BCUT2D eigenvalue weighted by atomic mass is 35.5. The van der Waals surface area contributed by atoms with Crippen LogP contribution in [0, 0.1) is 0 Å². The van der Waals surface area contributed by atoms with Crippen LogP contribution in [0.15, 0.2) is 23.0 Å². The molecule has 0 bridgehead atoms. The summed E-state index contributed by atoms with van der Waals surface area (Å²) < 4.78 is 0.807. The molecule has 1 aromatic heterocycles. The van der Waals surface area contributed by atoms with Gasteiger partial charge in [0.05, 0.1) is 5.39 Å². The van der Waals surface area contributed by atoms with Gasteiger partial charge in [0.2, 0.25) is 0 Å². The zero-order chi connectivity index (χ0) is 9.42. The summed E-state index contributed by atoms with van der Waals surface area (Å²) in [6, 6.07) is 5.09. The van der Waals surface area contributed by atoms with Crippen molar-refractivity contribution < 1.29 is 0 Å². The molecule has 2 rings (SSSR count). The minimum Gasteiger partial charge on any atom is -0.375 e. The fourth-order valence-electron chi connectivity index (χ4n) is 1.05. The van der Waals surface area contributed by atoms with Crippen LogP contribution in [0.3, 0.4) is 0 Å². The number of aromatic nitrogens is 1. The first kappa shape index (κ1) is 8.47. The maximum atomic E-state index is 11.3. The number of fused-ring (bicyclic) bond motifs is 1. The molecule has 0 unspecified atom stereocenters. The largest absolute Gasteiger partial charge is 0.375 e. The van der Waals surface area contributed by atoms with E-state index >= 15 is 0 Å². The normalized spacial score (nSPS) is 10.5. The first-order chi connectivity index (χ1) is 6.16. The van der Waals surface area contributed by atoms with Gasteiger partial charge in [0.15, 0.2) is 5.13 Å². The summed E-state index contributed by atoms with van der Waals surface area (Å²) in [6.45, 7) is 0. The maximum absolute atomic E-state index is 11.3. The number of hydrogen-bond donors (Lipinski definition) is 1. The molecule has 1 aromatic carbocycles. The summed E-state index contributed by atoms with van der Waals surface area (Å²) in [5, 5.41) is 1.33. The molecule has 5 heteroatoms. The number of benzene rings is 1. The minimum atomic E-state index is -0.325. The van der Waals surface area contributed by atoms with Crippen molar-refractivity contribution in [3.8, 4) is 0 Å². The molecule has 1 heterocycles. The van der Waals surface area contributed by atoms with E-state index in [0.29, 0.717) is 10.4 Å². The van der Waals surface area contributed by atoms with Crippen LogP contribution in [0.5, 0.6) is 0 Å². The molecule has 2 aromatic rings. The van der Waals surface area contributed by atoms with Crippen molar-refractivity contribution in [1.29, 1.82) is 0 Å². The average Bonchev–Trinajstić information content (AvgIpc) is 2.06. The number of nitrogen functional groups attached to an aromatic ring is 1. The molecular weight excluding hydrogens is 208 g/mol. The van der Waals surface area contributed by atoms with Crippen LogP contribution in [0.4, 0.5) is 5.13 Å². The van der Waals surface area contributed by atoms with E-state index in [0.717, 1.165) is 4.70 Å². The second-order valence-corrected chi connectivity index (χ2v) is 4.00. The lowest BCUT2D eigenvalue weighted by Crippen LogP contribution is -2.06. The van der Waals surface area contributed by atoms with Gasteiger partial charge in [-0.2, -0.15) is 4.98 Å². The van der Waals surface area contributed by atoms with Crippen molar-refractivity contribution in [2.24, 2.45) is 0 Å². The van der Waals surface area contributed by atoms with Crippen LogP contribution in [0.1, 0.15) is 0 Å². The molecular formula is C8H5ClN2OS. The SMILES string of the molecule is Nc1nc(=O)c2cc(Cl)ccc2s1. The molecule has 0 radical (unpaired) electrons. The van der Waals surface area contributed by atoms with Crippen molar-refractivity contribution in [2.75, 3.05) is 5.73 Å². The van der Waals surface area contributed by atoms with E-state index < -0.39 is 0 Å². The molecule has 0 aliphatic heterocycles. The number of hydrogen-bond acceptors (Lipinski definition) is 4. The highest BCUT2D eigenvalue weighted by Crippen LogP contribution is 2.21. The van der Waals surface area contributed by atoms with Crippen LogP contribution in [-0.2, 0) is 0 Å². The number of rotatable bonds is 0. The van der Waals surface area contributed by atoms with Gasteiger partial charge in [-0.3, -0.25) is 4.79 Å². The fraction of sp³-hybridized carbons (Fsp3) is 0. The van der Waals surface area contributed by atoms with Crippen molar-refractivity contribution in [1.82, 2.24) is 4.98 Å². The van der Waals surface area contributed by atoms with Crippen LogP contribution in [0.25, 0.3) is 10.1 Å². The average molecular weight is 213 g/mol. The highest BCUT2D eigenvalue weighted by molar-refractivity contribution is 7.21. The number of anilines is 1. The van der Waals surface area contributed by atoms with Gasteiger partial charge in [0.25, 0.3) is 5.56 Å². The predicted octanol–water partition coefficient (Wildman–Crippen LogP) is 1.89. The lowest BCUT2D eigenvalue weighted by Gasteiger charge is -1.96. The van der Waals surface area contributed by atoms with Gasteiger partial charge in [0, 0.05) is 9.72 Å². The van der Waals surface area contributed by atoms with Gasteiger partial charge in [-0.25, -0.2) is 0 Å². The van der Waals surface area contributed by atoms with Crippen molar-refractivity contribution >= 4 is 38.2 Å². The smallest absolute Gasteiger partial charge is 0.281 e. The van der Waals surface area contributed by atoms with E-state index in [9.17, 15) is 4.79 Å². The molecule has 13 heavy (non-hydrogen) atoms. The minimum absolute atomic E-state index is 0.278. The monoisotopic (exact) mass is 212 g/mol. The van der Waals surface area contributed by atoms with E-state index in [1.165, 1.54) is 11.3 Å². The van der Waals surface area contributed by atoms with Crippen LogP contribution >= 0.6 is 22.9 Å². The first-order valence-corrected chi connectivity index (χ1v) is 4.72. The molecule has 0 aliphatic rings. The standard InChI is InChI=1S/C8H5ClN2OS/c9-4-1-2-6-5(3-4)7(12)11-8(10)13-6/h1-3H,(H2,10,11,12). The van der Waals surface area contributed by atoms with Gasteiger partial charge < -0.3 is 5.73 Å². The third-order valence-corrected chi connectivity index (χ3v) is 2.71. The lowest BCUT2D eigenvalue weighted by molar-refractivity contribution is 1.32. The van der Waals surface area contributed by atoms with Gasteiger partial charge in [-0.15, -0.1) is 0 Å². The fourth-order valence-corrected chi connectivity index (χ4v) is 1.97. The molecule has 66 valence electrons. The molecule has 0 amide bonds. The molecule has 2 N–H and O–H groups in total. The Morgan fingerprint density at radius 1 is 1.46 bits per heavy atom. The Morgan fingerprint density at radius 3 is 3.00 bits per heavy atom. The first-order valence-electron chi connectivity index (χ1n) is 3.53. The van der Waals surface area contributed by atoms with Gasteiger partial charge in [0.1, 0.15) is 0 Å². The van der Waals surface area contributed by atoms with Gasteiger partial charge in [-0.1, -0.05) is 22.9 Å². The number of nitrogens with zero attached hydrogens (tertiary/aromatic N) is 1. The Bertz CT molecular complexity index is 523. The third kappa shape index (κ3) is 1.50. The Balaban J connectivity index is 2.95. The van der Waals surface area contributed by atoms with E-state index in [2.05, 4.69) is 4.98 Å². The highest BCUT2D eigenvalue weighted by Gasteiger charge is 2.02. The quantitative estimate of drug-likeness (QED) is 0.726. The second-order valence-electron chi connectivity index (χ2n) is 2.50. The predicted molar refractivity (Wildman–Crippen MR) is 55.3 cm³/mol. The Labute approximate surface area is 82.8 Å². The van der Waals surface area contributed by atoms with Crippen molar-refractivity contribution in [3.05, 3.63) is 33.6 Å². The summed E-state index contributed by atoms with van der Waals surface area (Å²) in [5.41, 5.74) is 5.11. The molecule has 0 atom stereocenters. The Kier molecular flexibility index (Phi) is 1.94. The summed E-state index contributed by atoms with van der Waals surface area (Å²) >= 11 is 7.01. The third-order valence-electron chi connectivity index (χ3n) is 1.60. The molecule has 0 spiro atoms. The van der Waals surface area contributed by atoms with E-state index in [-0.39, 0.29) is 10.7 Å². The zero-order valence-electron chi connectivity index (χ0n) is 6.45. The Morgan fingerprint density at radius 2 is 2.23 bits per heavy atom. The van der Waals surface area contributed by atoms with E-state index in [4.69, 9.17) is 17.3 Å². The van der Waals surface area contributed by atoms with Crippen molar-refractivity contribution in [2.45, 2.75) is 0 Å². The zero-order valence-corrected chi connectivity index (χ0v) is 8.02. The van der Waals surface area contributed by atoms with Crippen LogP contribution < -0.4 is 11.3 Å². The van der Waals surface area contributed by atoms with E-state index in [1.807, 2.05) is 0 Å². The molecule has 0 saturated heterocycles. The van der Waals surface area contributed by atoms with Crippen molar-refractivity contribution in [3.63, 3.8) is 0 Å². The summed E-state index contributed by atoms with van der Waals surface area (Å²) in [5.74, 6) is 0. The summed E-state index contributed by atoms with van der Waals surface area (Å²) in [7, 11) is 0. The summed E-state index contributed by atoms with van der Waals surface area (Å²) in [6.07, 6.45) is 0. The molecule has 0 fully saturated rings. The molecule has 0 aliphatic carbocycles. The summed E-state index contributed by atoms with van der Waals surface area (Å²) in [4.78, 5) is 14.9. The second kappa shape index (κ2) is 2.97. The topological polar surface area (TPSA) is 56.0 Å². The molecule has 3 nitrogen and oxygen atoms in total. The Hall–Kier alpha value is -1.13. The van der Waals surface area contributed by atoms with Gasteiger partial charge in [-0.05, 0) is 18.2 Å². The molecule has 0 saturated carbocycles. The van der Waals surface area contributed by atoms with Gasteiger partial charge >= 0.3 is 0 Å². The lowest BCUT2D eigenvalue weighted by atomic mass is 10.3. The van der Waals surface area contributed by atoms with Crippen LogP contribution in [0.2, 0.25) is 5.02 Å². The number of halogens is 1. The van der Waals surface area contributed by atoms with Crippen LogP contribution in [-0.4, -0.2) is 4.98 Å². The number of nitrogens with two attached hydrogens (primary N) is 1. The van der Waals surface area contributed by atoms with E-state index in [1.54, 1.807) is 18.2 Å².